The number of aryl methyl sites for hydroxylation is 3. The molecular formula is C18H26N2O4S. The normalized spacial score (nSPS) is 18.7. The second kappa shape index (κ2) is 8.47. The first-order valence-electron chi connectivity index (χ1n) is 8.58. The van der Waals surface area contributed by atoms with Gasteiger partial charge in [-0.25, -0.2) is 8.42 Å². The fourth-order valence-corrected chi connectivity index (χ4v) is 4.54. The van der Waals surface area contributed by atoms with Crippen LogP contribution in [-0.2, 0) is 25.8 Å². The molecule has 1 aromatic rings. The molecule has 2 rings (SSSR count). The van der Waals surface area contributed by atoms with E-state index in [-0.39, 0.29) is 35.9 Å². The highest BCUT2D eigenvalue weighted by Gasteiger charge is 2.28. The Balaban J connectivity index is 1.63. The molecule has 1 unspecified atom stereocenters. The van der Waals surface area contributed by atoms with Gasteiger partial charge in [-0.1, -0.05) is 18.2 Å². The minimum Gasteiger partial charge on any atom is -0.351 e. The standard InChI is InChI=1S/C18H26N2O4S/c1-13-6-7-15(10-14(13)2)4-3-5-17(21)19-11-18(22)20-16-8-9-25(23,24)12-16/h6-7,10,16H,3-5,8-9,11-12H2,1-2H3,(H,19,21)(H,20,22). The van der Waals surface area contributed by atoms with E-state index in [4.69, 9.17) is 0 Å². The van der Waals surface area contributed by atoms with Crippen molar-refractivity contribution in [2.24, 2.45) is 0 Å². The van der Waals surface area contributed by atoms with Crippen molar-refractivity contribution in [2.45, 2.75) is 45.6 Å². The van der Waals surface area contributed by atoms with Crippen LogP contribution in [0.5, 0.6) is 0 Å². The van der Waals surface area contributed by atoms with E-state index >= 15 is 0 Å². The summed E-state index contributed by atoms with van der Waals surface area (Å²) in [5.41, 5.74) is 3.70. The fourth-order valence-electron chi connectivity index (χ4n) is 2.87. The Bertz CT molecular complexity index is 743. The molecule has 1 aliphatic heterocycles. The Morgan fingerprint density at radius 1 is 1.16 bits per heavy atom. The molecule has 0 spiro atoms. The van der Waals surface area contributed by atoms with Crippen molar-refractivity contribution in [3.63, 3.8) is 0 Å². The number of nitrogens with one attached hydrogen (secondary N) is 2. The Morgan fingerprint density at radius 2 is 1.92 bits per heavy atom. The van der Waals surface area contributed by atoms with Gasteiger partial charge in [0.25, 0.3) is 0 Å². The van der Waals surface area contributed by atoms with E-state index in [2.05, 4.69) is 42.7 Å². The molecule has 0 radical (unpaired) electrons. The third-order valence-corrected chi connectivity index (χ3v) is 6.25. The third-order valence-electron chi connectivity index (χ3n) is 4.48. The van der Waals surface area contributed by atoms with Crippen molar-refractivity contribution in [2.75, 3.05) is 18.1 Å². The summed E-state index contributed by atoms with van der Waals surface area (Å²) in [6.45, 7) is 4.03. The van der Waals surface area contributed by atoms with E-state index in [1.54, 1.807) is 0 Å². The molecule has 2 amide bonds. The maximum atomic E-state index is 11.8. The summed E-state index contributed by atoms with van der Waals surface area (Å²) >= 11 is 0. The summed E-state index contributed by atoms with van der Waals surface area (Å²) in [5.74, 6) is -0.409. The van der Waals surface area contributed by atoms with Crippen LogP contribution in [0.4, 0.5) is 0 Å². The number of carbonyl (C=O) groups excluding carboxylic acids is 2. The number of amides is 2. The maximum Gasteiger partial charge on any atom is 0.239 e. The van der Waals surface area contributed by atoms with E-state index in [9.17, 15) is 18.0 Å². The minimum absolute atomic E-state index is 0.0113. The number of rotatable bonds is 7. The van der Waals surface area contributed by atoms with Gasteiger partial charge >= 0.3 is 0 Å². The second-order valence-corrected chi connectivity index (χ2v) is 8.95. The third kappa shape index (κ3) is 6.49. The quantitative estimate of drug-likeness (QED) is 0.754. The highest BCUT2D eigenvalue weighted by molar-refractivity contribution is 7.91. The summed E-state index contributed by atoms with van der Waals surface area (Å²) in [6.07, 6.45) is 2.34. The molecule has 0 aliphatic carbocycles. The molecule has 0 aromatic heterocycles. The van der Waals surface area contributed by atoms with Gasteiger partial charge in [0.15, 0.2) is 9.84 Å². The highest BCUT2D eigenvalue weighted by atomic mass is 32.2. The number of benzene rings is 1. The first-order valence-corrected chi connectivity index (χ1v) is 10.4. The number of hydrogen-bond acceptors (Lipinski definition) is 4. The summed E-state index contributed by atoms with van der Waals surface area (Å²) in [5, 5.41) is 5.23. The molecule has 7 heteroatoms. The zero-order valence-electron chi connectivity index (χ0n) is 14.8. The molecule has 2 N–H and O–H groups in total. The van der Waals surface area contributed by atoms with Crippen LogP contribution in [0.15, 0.2) is 18.2 Å². The lowest BCUT2D eigenvalue weighted by Crippen LogP contribution is -2.42. The predicted octanol–water partition coefficient (Wildman–Crippen LogP) is 1.05. The Kier molecular flexibility index (Phi) is 6.58. The number of hydrogen-bond donors (Lipinski definition) is 2. The monoisotopic (exact) mass is 366 g/mol. The lowest BCUT2D eigenvalue weighted by molar-refractivity contribution is -0.126. The van der Waals surface area contributed by atoms with Gasteiger partial charge in [-0.2, -0.15) is 0 Å². The van der Waals surface area contributed by atoms with Crippen molar-refractivity contribution in [1.29, 1.82) is 0 Å². The van der Waals surface area contributed by atoms with Gasteiger partial charge in [-0.05, 0) is 49.8 Å². The smallest absolute Gasteiger partial charge is 0.239 e. The van der Waals surface area contributed by atoms with Gasteiger partial charge in [0, 0.05) is 12.5 Å². The van der Waals surface area contributed by atoms with Crippen LogP contribution in [0.25, 0.3) is 0 Å². The number of sulfone groups is 1. The molecule has 1 fully saturated rings. The summed E-state index contributed by atoms with van der Waals surface area (Å²) in [4.78, 5) is 23.6. The molecular weight excluding hydrogens is 340 g/mol. The average molecular weight is 366 g/mol. The molecule has 1 aliphatic rings. The van der Waals surface area contributed by atoms with E-state index < -0.39 is 9.84 Å². The van der Waals surface area contributed by atoms with Crippen LogP contribution in [0, 0.1) is 13.8 Å². The summed E-state index contributed by atoms with van der Waals surface area (Å²) < 4.78 is 22.7. The lowest BCUT2D eigenvalue weighted by atomic mass is 10.0. The zero-order chi connectivity index (χ0) is 18.4. The minimum atomic E-state index is -3.02. The van der Waals surface area contributed by atoms with Crippen molar-refractivity contribution in [3.05, 3.63) is 34.9 Å². The molecule has 1 aromatic carbocycles. The molecule has 25 heavy (non-hydrogen) atoms. The van der Waals surface area contributed by atoms with Gasteiger partial charge in [-0.3, -0.25) is 9.59 Å². The maximum absolute atomic E-state index is 11.8. The fraction of sp³-hybridized carbons (Fsp3) is 0.556. The van der Waals surface area contributed by atoms with Crippen LogP contribution in [0.3, 0.4) is 0 Å². The molecule has 138 valence electrons. The van der Waals surface area contributed by atoms with Crippen molar-refractivity contribution in [3.8, 4) is 0 Å². The van der Waals surface area contributed by atoms with Gasteiger partial charge < -0.3 is 10.6 Å². The van der Waals surface area contributed by atoms with Crippen LogP contribution in [-0.4, -0.2) is 44.3 Å². The molecule has 0 saturated carbocycles. The van der Waals surface area contributed by atoms with Crippen molar-refractivity contribution in [1.82, 2.24) is 10.6 Å². The molecule has 1 atom stereocenters. The second-order valence-electron chi connectivity index (χ2n) is 6.72. The van der Waals surface area contributed by atoms with Crippen LogP contribution < -0.4 is 10.6 Å². The zero-order valence-corrected chi connectivity index (χ0v) is 15.6. The van der Waals surface area contributed by atoms with E-state index in [0.717, 1.165) is 12.8 Å². The van der Waals surface area contributed by atoms with Crippen LogP contribution >= 0.6 is 0 Å². The molecule has 1 heterocycles. The average Bonchev–Trinajstić information content (AvgIpc) is 2.87. The largest absolute Gasteiger partial charge is 0.351 e. The van der Waals surface area contributed by atoms with Crippen molar-refractivity contribution < 1.29 is 18.0 Å². The van der Waals surface area contributed by atoms with E-state index in [1.165, 1.54) is 16.7 Å². The summed E-state index contributed by atoms with van der Waals surface area (Å²) in [7, 11) is -3.02. The van der Waals surface area contributed by atoms with E-state index in [1.807, 2.05) is 0 Å². The van der Waals surface area contributed by atoms with Gasteiger partial charge in [0.2, 0.25) is 11.8 Å². The predicted molar refractivity (Wildman–Crippen MR) is 97.1 cm³/mol. The molecule has 1 saturated heterocycles. The lowest BCUT2D eigenvalue weighted by Gasteiger charge is -2.11. The first-order chi connectivity index (χ1) is 11.7. The molecule has 6 nitrogen and oxygen atoms in total. The Morgan fingerprint density at radius 3 is 2.56 bits per heavy atom. The summed E-state index contributed by atoms with van der Waals surface area (Å²) in [6, 6.07) is 5.96. The van der Waals surface area contributed by atoms with Crippen LogP contribution in [0.2, 0.25) is 0 Å². The van der Waals surface area contributed by atoms with Crippen LogP contribution in [0.1, 0.15) is 36.0 Å². The van der Waals surface area contributed by atoms with Gasteiger partial charge in [-0.15, -0.1) is 0 Å². The Labute approximate surface area is 149 Å². The SMILES string of the molecule is Cc1ccc(CCCC(=O)NCC(=O)NC2CCS(=O)(=O)C2)cc1C. The van der Waals surface area contributed by atoms with E-state index in [0.29, 0.717) is 12.8 Å². The van der Waals surface area contributed by atoms with Gasteiger partial charge in [0.05, 0.1) is 18.1 Å². The topological polar surface area (TPSA) is 92.3 Å². The molecule has 0 bridgehead atoms. The van der Waals surface area contributed by atoms with Crippen molar-refractivity contribution >= 4 is 21.7 Å². The van der Waals surface area contributed by atoms with Gasteiger partial charge in [0.1, 0.15) is 0 Å². The number of carbonyl (C=O) groups is 2. The highest BCUT2D eigenvalue weighted by Crippen LogP contribution is 2.12. The Hall–Kier alpha value is -1.89. The first kappa shape index (κ1) is 19.4.